The second-order valence-electron chi connectivity index (χ2n) is 7.81. The van der Waals surface area contributed by atoms with Gasteiger partial charge in [0.15, 0.2) is 5.13 Å². The van der Waals surface area contributed by atoms with Gasteiger partial charge < -0.3 is 5.32 Å². The van der Waals surface area contributed by atoms with Gasteiger partial charge in [-0.3, -0.25) is 14.7 Å². The van der Waals surface area contributed by atoms with E-state index in [0.29, 0.717) is 18.1 Å². The van der Waals surface area contributed by atoms with Gasteiger partial charge in [0.2, 0.25) is 5.91 Å². The summed E-state index contributed by atoms with van der Waals surface area (Å²) in [7, 11) is 0. The monoisotopic (exact) mass is 424 g/mol. The number of thiazole rings is 1. The molecule has 0 saturated carbocycles. The van der Waals surface area contributed by atoms with E-state index in [0.717, 1.165) is 48.4 Å². The van der Waals surface area contributed by atoms with Gasteiger partial charge >= 0.3 is 0 Å². The van der Waals surface area contributed by atoms with Gasteiger partial charge in [0, 0.05) is 35.4 Å². The number of pyridine rings is 1. The number of hydrogen-bond donors (Lipinski definition) is 1. The van der Waals surface area contributed by atoms with Crippen LogP contribution in [0.1, 0.15) is 41.3 Å². The number of likely N-dealkylation sites (tertiary alicyclic amines) is 1. The van der Waals surface area contributed by atoms with Crippen molar-refractivity contribution in [2.24, 2.45) is 0 Å². The summed E-state index contributed by atoms with van der Waals surface area (Å²) in [6, 6.07) is 10.9. The Hall–Kier alpha value is -2.64. The van der Waals surface area contributed by atoms with Crippen molar-refractivity contribution in [1.29, 1.82) is 0 Å². The average Bonchev–Trinajstić information content (AvgIpc) is 3.20. The molecule has 5 nitrogen and oxygen atoms in total. The minimum absolute atomic E-state index is 0.0328. The maximum atomic E-state index is 13.5. The molecule has 1 aliphatic rings. The number of anilines is 1. The summed E-state index contributed by atoms with van der Waals surface area (Å²) >= 11 is 1.42. The first-order valence-corrected chi connectivity index (χ1v) is 11.1. The van der Waals surface area contributed by atoms with Gasteiger partial charge in [0.1, 0.15) is 5.82 Å². The standard InChI is InChI=1S/C23H25FN4OS/c1-16-10-18(11-17-4-2-6-20(24)12-17)13-21(26-16)19-5-3-8-28(14-19)15-22(29)27-23-25-7-9-30-23/h2,4,6-7,9-10,12-13,19H,3,5,8,11,14-15H2,1H3,(H,25,27,29)/t19-/m1/s1. The molecule has 7 heteroatoms. The van der Waals surface area contributed by atoms with E-state index in [4.69, 9.17) is 4.98 Å². The number of piperidine rings is 1. The molecule has 2 aromatic heterocycles. The van der Waals surface area contributed by atoms with E-state index < -0.39 is 0 Å². The van der Waals surface area contributed by atoms with Crippen molar-refractivity contribution < 1.29 is 9.18 Å². The number of aryl methyl sites for hydroxylation is 1. The molecule has 1 aliphatic heterocycles. The van der Waals surface area contributed by atoms with Crippen molar-refractivity contribution in [3.63, 3.8) is 0 Å². The first-order chi connectivity index (χ1) is 14.5. The van der Waals surface area contributed by atoms with Gasteiger partial charge in [-0.1, -0.05) is 12.1 Å². The number of hydrogen-bond acceptors (Lipinski definition) is 5. The number of carbonyl (C=O) groups is 1. The molecule has 156 valence electrons. The van der Waals surface area contributed by atoms with Gasteiger partial charge in [0.25, 0.3) is 0 Å². The third-order valence-electron chi connectivity index (χ3n) is 5.30. The van der Waals surface area contributed by atoms with Crippen molar-refractivity contribution in [2.45, 2.75) is 32.1 Å². The highest BCUT2D eigenvalue weighted by molar-refractivity contribution is 7.13. The smallest absolute Gasteiger partial charge is 0.240 e. The molecule has 4 rings (SSSR count). The molecule has 1 fully saturated rings. The molecular weight excluding hydrogens is 399 g/mol. The first kappa shape index (κ1) is 20.6. The van der Waals surface area contributed by atoms with Crippen LogP contribution < -0.4 is 5.32 Å². The summed E-state index contributed by atoms with van der Waals surface area (Å²) in [6.07, 6.45) is 4.45. The van der Waals surface area contributed by atoms with Gasteiger partial charge in [-0.15, -0.1) is 11.3 Å². The van der Waals surface area contributed by atoms with Crippen molar-refractivity contribution in [1.82, 2.24) is 14.9 Å². The van der Waals surface area contributed by atoms with E-state index in [2.05, 4.69) is 27.3 Å². The molecule has 1 amide bonds. The Morgan fingerprint density at radius 1 is 1.30 bits per heavy atom. The van der Waals surface area contributed by atoms with Crippen LogP contribution in [0.5, 0.6) is 0 Å². The Bertz CT molecular complexity index is 1010. The van der Waals surface area contributed by atoms with E-state index in [9.17, 15) is 9.18 Å². The van der Waals surface area contributed by atoms with E-state index in [1.807, 2.05) is 18.4 Å². The largest absolute Gasteiger partial charge is 0.301 e. The highest BCUT2D eigenvalue weighted by Gasteiger charge is 2.24. The number of nitrogens with zero attached hydrogens (tertiary/aromatic N) is 3. The van der Waals surface area contributed by atoms with Gasteiger partial charge in [0.05, 0.1) is 6.54 Å². The van der Waals surface area contributed by atoms with Crippen LogP contribution in [0.25, 0.3) is 0 Å². The lowest BCUT2D eigenvalue weighted by Crippen LogP contribution is -2.40. The summed E-state index contributed by atoms with van der Waals surface area (Å²) in [5.41, 5.74) is 4.13. The zero-order valence-corrected chi connectivity index (χ0v) is 17.8. The molecule has 1 atom stereocenters. The van der Waals surface area contributed by atoms with E-state index in [1.54, 1.807) is 18.3 Å². The van der Waals surface area contributed by atoms with E-state index in [1.165, 1.54) is 17.4 Å². The van der Waals surface area contributed by atoms with Gasteiger partial charge in [-0.2, -0.15) is 0 Å². The Morgan fingerprint density at radius 3 is 3.00 bits per heavy atom. The summed E-state index contributed by atoms with van der Waals surface area (Å²) in [4.78, 5) is 23.4. The SMILES string of the molecule is Cc1cc(Cc2cccc(F)c2)cc([C@@H]2CCCN(CC(=O)Nc3nccs3)C2)n1. The Kier molecular flexibility index (Phi) is 6.50. The molecule has 0 spiro atoms. The van der Waals surface area contributed by atoms with Gasteiger partial charge in [-0.05, 0) is 68.1 Å². The highest BCUT2D eigenvalue weighted by Crippen LogP contribution is 2.27. The topological polar surface area (TPSA) is 58.1 Å². The number of rotatable bonds is 6. The number of carbonyl (C=O) groups excluding carboxylic acids is 1. The van der Waals surface area contributed by atoms with Crippen LogP contribution in [0, 0.1) is 12.7 Å². The van der Waals surface area contributed by atoms with Crippen LogP contribution in [0.15, 0.2) is 48.0 Å². The zero-order valence-electron chi connectivity index (χ0n) is 17.0. The lowest BCUT2D eigenvalue weighted by molar-refractivity contribution is -0.117. The molecule has 1 aromatic carbocycles. The molecule has 0 unspecified atom stereocenters. The summed E-state index contributed by atoms with van der Waals surface area (Å²) in [5, 5.41) is 5.33. The molecule has 0 bridgehead atoms. The number of aromatic nitrogens is 2. The molecule has 3 aromatic rings. The molecule has 1 saturated heterocycles. The van der Waals surface area contributed by atoms with Crippen LogP contribution in [0.4, 0.5) is 9.52 Å². The maximum absolute atomic E-state index is 13.5. The predicted molar refractivity (Wildman–Crippen MR) is 117 cm³/mol. The molecule has 0 aliphatic carbocycles. The normalized spacial score (nSPS) is 17.1. The summed E-state index contributed by atoms with van der Waals surface area (Å²) in [5.74, 6) is 0.0459. The fraction of sp³-hybridized carbons (Fsp3) is 0.348. The Labute approximate surface area is 180 Å². The number of amides is 1. The van der Waals surface area contributed by atoms with E-state index >= 15 is 0 Å². The Balaban J connectivity index is 1.42. The van der Waals surface area contributed by atoms with E-state index in [-0.39, 0.29) is 17.6 Å². The minimum atomic E-state index is -0.211. The van der Waals surface area contributed by atoms with Crippen LogP contribution in [0.3, 0.4) is 0 Å². The van der Waals surface area contributed by atoms with Crippen molar-refractivity contribution in [3.8, 4) is 0 Å². The van der Waals surface area contributed by atoms with Crippen LogP contribution >= 0.6 is 11.3 Å². The molecule has 30 heavy (non-hydrogen) atoms. The quantitative estimate of drug-likeness (QED) is 0.637. The zero-order chi connectivity index (χ0) is 20.9. The Morgan fingerprint density at radius 2 is 2.20 bits per heavy atom. The molecular formula is C23H25FN4OS. The van der Waals surface area contributed by atoms with Gasteiger partial charge in [-0.25, -0.2) is 9.37 Å². The first-order valence-electron chi connectivity index (χ1n) is 10.2. The maximum Gasteiger partial charge on any atom is 0.240 e. The number of nitrogens with one attached hydrogen (secondary N) is 1. The number of benzene rings is 1. The second-order valence-corrected chi connectivity index (χ2v) is 8.70. The van der Waals surface area contributed by atoms with Crippen molar-refractivity contribution in [3.05, 3.63) is 76.3 Å². The average molecular weight is 425 g/mol. The fourth-order valence-electron chi connectivity index (χ4n) is 4.05. The fourth-order valence-corrected chi connectivity index (χ4v) is 4.59. The lowest BCUT2D eigenvalue weighted by atomic mass is 9.92. The molecule has 0 radical (unpaired) electrons. The minimum Gasteiger partial charge on any atom is -0.301 e. The lowest BCUT2D eigenvalue weighted by Gasteiger charge is -2.32. The summed E-state index contributed by atoms with van der Waals surface area (Å²) < 4.78 is 13.5. The second kappa shape index (κ2) is 9.45. The molecule has 3 heterocycles. The van der Waals surface area contributed by atoms with Crippen LogP contribution in [-0.2, 0) is 11.2 Å². The molecule has 1 N–H and O–H groups in total. The predicted octanol–water partition coefficient (Wildman–Crippen LogP) is 4.39. The van der Waals surface area contributed by atoms with Crippen molar-refractivity contribution in [2.75, 3.05) is 25.0 Å². The van der Waals surface area contributed by atoms with Crippen molar-refractivity contribution >= 4 is 22.4 Å². The highest BCUT2D eigenvalue weighted by atomic mass is 32.1. The summed E-state index contributed by atoms with van der Waals surface area (Å²) in [6.45, 7) is 4.07. The number of halogens is 1. The van der Waals surface area contributed by atoms with Crippen LogP contribution in [-0.4, -0.2) is 40.4 Å². The third kappa shape index (κ3) is 5.49. The van der Waals surface area contributed by atoms with Crippen LogP contribution in [0.2, 0.25) is 0 Å². The third-order valence-corrected chi connectivity index (χ3v) is 5.99.